The van der Waals surface area contributed by atoms with E-state index in [1.807, 2.05) is 6.07 Å². The van der Waals surface area contributed by atoms with E-state index in [1.165, 1.54) is 0 Å². The normalized spacial score (nSPS) is 13.7. The number of rotatable bonds is 2. The molecule has 0 radical (unpaired) electrons. The van der Waals surface area contributed by atoms with Gasteiger partial charge in [0.25, 0.3) is 5.91 Å². The third-order valence-electron chi connectivity index (χ3n) is 2.98. The van der Waals surface area contributed by atoms with Gasteiger partial charge in [-0.25, -0.2) is 4.98 Å². The van der Waals surface area contributed by atoms with E-state index in [1.54, 1.807) is 36.3 Å². The van der Waals surface area contributed by atoms with Crippen LogP contribution in [0.2, 0.25) is 0 Å². The second kappa shape index (κ2) is 4.69. The van der Waals surface area contributed by atoms with Crippen LogP contribution in [0, 0.1) is 0 Å². The molecule has 7 nitrogen and oxygen atoms in total. The van der Waals surface area contributed by atoms with Gasteiger partial charge in [-0.15, -0.1) is 0 Å². The number of ether oxygens (including phenoxy) is 1. The Kier molecular flexibility index (Phi) is 2.86. The van der Waals surface area contributed by atoms with Gasteiger partial charge >= 0.3 is 0 Å². The lowest BCUT2D eigenvalue weighted by molar-refractivity contribution is -0.120. The maximum atomic E-state index is 11.6. The van der Waals surface area contributed by atoms with E-state index >= 15 is 0 Å². The van der Waals surface area contributed by atoms with E-state index in [4.69, 9.17) is 10.5 Å². The Morgan fingerprint density at radius 2 is 2.25 bits per heavy atom. The molecule has 0 spiro atoms. The van der Waals surface area contributed by atoms with Crippen LogP contribution in [0.4, 0.5) is 23.1 Å². The number of nitrogens with zero attached hydrogens (tertiary/aromatic N) is 3. The van der Waals surface area contributed by atoms with Crippen molar-refractivity contribution >= 4 is 29.0 Å². The van der Waals surface area contributed by atoms with Crippen LogP contribution in [0.5, 0.6) is 5.75 Å². The molecule has 0 atom stereocenters. The van der Waals surface area contributed by atoms with E-state index in [-0.39, 0.29) is 12.5 Å². The lowest BCUT2D eigenvalue weighted by atomic mass is 10.2. The second-order valence-corrected chi connectivity index (χ2v) is 4.35. The molecule has 2 aromatic rings. The quantitative estimate of drug-likeness (QED) is 0.851. The summed E-state index contributed by atoms with van der Waals surface area (Å²) in [4.78, 5) is 21.3. The smallest absolute Gasteiger partial charge is 0.264 e. The zero-order valence-electron chi connectivity index (χ0n) is 10.8. The predicted molar refractivity (Wildman–Crippen MR) is 75.1 cm³/mol. The third kappa shape index (κ3) is 2.20. The molecule has 0 fully saturated rings. The summed E-state index contributed by atoms with van der Waals surface area (Å²) in [5.74, 6) is 1.37. The van der Waals surface area contributed by atoms with Crippen LogP contribution in [-0.4, -0.2) is 29.5 Å². The number of benzene rings is 1. The number of amides is 1. The molecule has 7 heteroatoms. The van der Waals surface area contributed by atoms with E-state index < -0.39 is 0 Å². The molecule has 102 valence electrons. The average Bonchev–Trinajstić information content (AvgIpc) is 2.43. The number of nitrogens with one attached hydrogen (secondary N) is 1. The van der Waals surface area contributed by atoms with Gasteiger partial charge in [0, 0.05) is 18.9 Å². The molecule has 20 heavy (non-hydrogen) atoms. The number of hydrogen-bond donors (Lipinski definition) is 2. The molecule has 1 aliphatic heterocycles. The first kappa shape index (κ1) is 12.2. The van der Waals surface area contributed by atoms with E-state index in [9.17, 15) is 4.79 Å². The highest BCUT2D eigenvalue weighted by atomic mass is 16.5. The Morgan fingerprint density at radius 1 is 1.40 bits per heavy atom. The van der Waals surface area contributed by atoms with Crippen molar-refractivity contribution in [3.8, 4) is 5.75 Å². The van der Waals surface area contributed by atoms with Gasteiger partial charge in [0.05, 0.1) is 5.69 Å². The maximum absolute atomic E-state index is 11.6. The third-order valence-corrected chi connectivity index (χ3v) is 2.98. The monoisotopic (exact) mass is 271 g/mol. The molecule has 0 unspecified atom stereocenters. The number of nitrogens with two attached hydrogens (primary N) is 1. The lowest BCUT2D eigenvalue weighted by Crippen LogP contribution is -2.35. The molecule has 0 saturated heterocycles. The van der Waals surface area contributed by atoms with Crippen LogP contribution in [0.3, 0.4) is 0 Å². The fourth-order valence-corrected chi connectivity index (χ4v) is 1.91. The Balaban J connectivity index is 1.90. The summed E-state index contributed by atoms with van der Waals surface area (Å²) in [5, 5.41) is 3.03. The Morgan fingerprint density at radius 3 is 3.05 bits per heavy atom. The highest BCUT2D eigenvalue weighted by molar-refractivity contribution is 5.98. The summed E-state index contributed by atoms with van der Waals surface area (Å²) < 4.78 is 5.36. The summed E-state index contributed by atoms with van der Waals surface area (Å²) >= 11 is 0. The summed E-state index contributed by atoms with van der Waals surface area (Å²) in [6, 6.07) is 7.04. The molecule has 1 aromatic carbocycles. The van der Waals surface area contributed by atoms with Crippen LogP contribution >= 0.6 is 0 Å². The summed E-state index contributed by atoms with van der Waals surface area (Å²) in [7, 11) is 1.71. The minimum atomic E-state index is -0.0881. The van der Waals surface area contributed by atoms with Crippen LogP contribution in [0.25, 0.3) is 0 Å². The first-order chi connectivity index (χ1) is 9.63. The van der Waals surface area contributed by atoms with Gasteiger partial charge in [-0.2, -0.15) is 4.98 Å². The highest BCUT2D eigenvalue weighted by Crippen LogP contribution is 2.34. The minimum Gasteiger partial charge on any atom is -0.482 e. The minimum absolute atomic E-state index is 0.0641. The lowest BCUT2D eigenvalue weighted by Gasteiger charge is -2.26. The van der Waals surface area contributed by atoms with Gasteiger partial charge < -0.3 is 20.7 Å². The highest BCUT2D eigenvalue weighted by Gasteiger charge is 2.22. The molecule has 1 aliphatic rings. The summed E-state index contributed by atoms with van der Waals surface area (Å²) in [5.41, 5.74) is 7.05. The fourth-order valence-electron chi connectivity index (χ4n) is 1.91. The number of carbonyl (C=O) groups excluding carboxylic acids is 1. The zero-order chi connectivity index (χ0) is 14.1. The SMILES string of the molecule is CN1C(=O)COc2ccc(Nc3nccc(N)n3)cc21. The predicted octanol–water partition coefficient (Wildman–Crippen LogP) is 1.16. The average molecular weight is 271 g/mol. The summed E-state index contributed by atoms with van der Waals surface area (Å²) in [6.45, 7) is 0.0641. The molecular weight excluding hydrogens is 258 g/mol. The second-order valence-electron chi connectivity index (χ2n) is 4.35. The molecule has 3 rings (SSSR count). The van der Waals surface area contributed by atoms with E-state index in [0.29, 0.717) is 23.2 Å². The van der Waals surface area contributed by atoms with Crippen molar-refractivity contribution in [1.29, 1.82) is 0 Å². The van der Waals surface area contributed by atoms with Crippen molar-refractivity contribution in [1.82, 2.24) is 9.97 Å². The topological polar surface area (TPSA) is 93.4 Å². The zero-order valence-corrected chi connectivity index (χ0v) is 10.8. The molecule has 0 aliphatic carbocycles. The van der Waals surface area contributed by atoms with Crippen LogP contribution in [0.15, 0.2) is 30.5 Å². The standard InChI is InChI=1S/C13H13N5O2/c1-18-9-6-8(2-3-10(9)20-7-12(18)19)16-13-15-5-4-11(14)17-13/h2-6H,7H2,1H3,(H3,14,15,16,17). The van der Waals surface area contributed by atoms with Gasteiger partial charge in [-0.1, -0.05) is 0 Å². The van der Waals surface area contributed by atoms with E-state index in [2.05, 4.69) is 15.3 Å². The number of carbonyl (C=O) groups is 1. The molecule has 1 aromatic heterocycles. The molecule has 3 N–H and O–H groups in total. The molecular formula is C13H13N5O2. The van der Waals surface area contributed by atoms with Gasteiger partial charge in [0.2, 0.25) is 5.95 Å². The first-order valence-corrected chi connectivity index (χ1v) is 6.02. The van der Waals surface area contributed by atoms with Gasteiger partial charge in [-0.3, -0.25) is 4.79 Å². The van der Waals surface area contributed by atoms with Crippen LogP contribution in [0.1, 0.15) is 0 Å². The number of hydrogen-bond acceptors (Lipinski definition) is 6. The van der Waals surface area contributed by atoms with Crippen molar-refractivity contribution in [3.63, 3.8) is 0 Å². The molecule has 2 heterocycles. The first-order valence-electron chi connectivity index (χ1n) is 6.02. The number of nitrogen functional groups attached to an aromatic ring is 1. The Bertz CT molecular complexity index is 674. The maximum Gasteiger partial charge on any atom is 0.264 e. The fraction of sp³-hybridized carbons (Fsp3) is 0.154. The number of fused-ring (bicyclic) bond motifs is 1. The number of anilines is 4. The van der Waals surface area contributed by atoms with Crippen LogP contribution < -0.4 is 20.7 Å². The number of likely N-dealkylation sites (N-methyl/N-ethyl adjacent to an activating group) is 1. The van der Waals surface area contributed by atoms with Gasteiger partial charge in [0.15, 0.2) is 6.61 Å². The van der Waals surface area contributed by atoms with Gasteiger partial charge in [-0.05, 0) is 24.3 Å². The molecule has 1 amide bonds. The van der Waals surface area contributed by atoms with Crippen molar-refractivity contribution in [2.75, 3.05) is 29.6 Å². The van der Waals surface area contributed by atoms with Crippen molar-refractivity contribution < 1.29 is 9.53 Å². The number of aromatic nitrogens is 2. The van der Waals surface area contributed by atoms with E-state index in [0.717, 1.165) is 5.69 Å². The Hall–Kier alpha value is -2.83. The van der Waals surface area contributed by atoms with Crippen LogP contribution in [-0.2, 0) is 4.79 Å². The van der Waals surface area contributed by atoms with Gasteiger partial charge in [0.1, 0.15) is 11.6 Å². The van der Waals surface area contributed by atoms with Crippen molar-refractivity contribution in [2.45, 2.75) is 0 Å². The molecule has 0 bridgehead atoms. The Labute approximate surface area is 115 Å². The molecule has 0 saturated carbocycles. The van der Waals surface area contributed by atoms with Crippen molar-refractivity contribution in [2.24, 2.45) is 0 Å². The van der Waals surface area contributed by atoms with Crippen molar-refractivity contribution in [3.05, 3.63) is 30.5 Å². The largest absolute Gasteiger partial charge is 0.482 e. The summed E-state index contributed by atoms with van der Waals surface area (Å²) in [6.07, 6.45) is 1.57.